The average Bonchev–Trinajstić information content (AvgIpc) is 1.55. The van der Waals surface area contributed by atoms with Gasteiger partial charge in [0, 0.05) is 55.8 Å². The molecule has 2 nitrogen and oxygen atoms in total. The van der Waals surface area contributed by atoms with Crippen molar-refractivity contribution in [2.45, 2.75) is 77.0 Å². The molecule has 18 rings (SSSR count). The molecule has 0 aromatic heterocycles. The van der Waals surface area contributed by atoms with Crippen LogP contribution >= 0.6 is 0 Å². The maximum atomic E-state index is 2.54. The minimum Gasteiger partial charge on any atom is -0.310 e. The first kappa shape index (κ1) is 54.4. The normalized spacial score (nSPS) is 15.3. The van der Waals surface area contributed by atoms with Crippen LogP contribution in [0.1, 0.15) is 111 Å². The lowest BCUT2D eigenvalue weighted by Crippen LogP contribution is -2.17. The summed E-state index contributed by atoms with van der Waals surface area (Å²) in [5.41, 5.74) is 30.4. The minimum absolute atomic E-state index is 0.184. The van der Waals surface area contributed by atoms with E-state index in [0.717, 1.165) is 34.1 Å². The van der Waals surface area contributed by atoms with Gasteiger partial charge in [-0.3, -0.25) is 0 Å². The van der Waals surface area contributed by atoms with Crippen molar-refractivity contribution in [3.05, 3.63) is 323 Å². The van der Waals surface area contributed by atoms with Crippen LogP contribution in [0.25, 0.3) is 99.7 Å². The number of anilines is 6. The van der Waals surface area contributed by atoms with Gasteiger partial charge in [-0.25, -0.2) is 0 Å². The van der Waals surface area contributed by atoms with Crippen molar-refractivity contribution in [1.29, 1.82) is 0 Å². The van der Waals surface area contributed by atoms with Gasteiger partial charge in [0.05, 0.1) is 0 Å². The molecule has 0 heterocycles. The number of hydrogen-bond donors (Lipinski definition) is 0. The summed E-state index contributed by atoms with van der Waals surface area (Å²) in [5.74, 6) is 0. The Balaban J connectivity index is 0.637. The van der Waals surface area contributed by atoms with E-state index in [-0.39, 0.29) is 21.7 Å². The van der Waals surface area contributed by atoms with Crippen molar-refractivity contribution in [2.75, 3.05) is 9.80 Å². The summed E-state index contributed by atoms with van der Waals surface area (Å²) in [6.07, 6.45) is 4.66. The lowest BCUT2D eigenvalue weighted by Gasteiger charge is -2.28. The molecule has 4 aliphatic carbocycles. The molecule has 0 spiro atoms. The number of hydrogen-bond acceptors (Lipinski definition) is 2. The molecule has 0 saturated heterocycles. The molecule has 0 radical (unpaired) electrons. The second kappa shape index (κ2) is 19.5. The molecule has 14 aromatic carbocycles. The highest BCUT2D eigenvalue weighted by molar-refractivity contribution is 5.98. The van der Waals surface area contributed by atoms with Crippen molar-refractivity contribution in [3.8, 4) is 44.5 Å². The van der Waals surface area contributed by atoms with Gasteiger partial charge in [-0.15, -0.1) is 0 Å². The number of nitrogens with zero attached hydrogens (tertiary/aromatic N) is 2. The van der Waals surface area contributed by atoms with Gasteiger partial charge in [0.1, 0.15) is 0 Å². The van der Waals surface area contributed by atoms with Crippen molar-refractivity contribution in [3.63, 3.8) is 0 Å². The predicted octanol–water partition coefficient (Wildman–Crippen LogP) is 24.6. The van der Waals surface area contributed by atoms with Crippen molar-refractivity contribution < 1.29 is 0 Å². The van der Waals surface area contributed by atoms with Gasteiger partial charge in [0.25, 0.3) is 0 Å². The molecule has 2 heteroatoms. The van der Waals surface area contributed by atoms with Gasteiger partial charge in [0.2, 0.25) is 0 Å². The fourth-order valence-electron chi connectivity index (χ4n) is 16.8. The monoisotopic (exact) mass is 1180 g/mol. The van der Waals surface area contributed by atoms with E-state index >= 15 is 0 Å². The third kappa shape index (κ3) is 8.05. The maximum Gasteiger partial charge on any atom is 0.0468 e. The SMILES string of the molecule is CC1(C)c2cc(/C=C/c3ccc4c(c3)C(C)(C)c3cc5c(cc3-4)C(C)(C)c3cc(N(c4ccc6ccccc6c4)c4ccc6ccccc6c4)ccc3-5)ccc2-c2cc3c(cc21)-c1ccc(N(c2ccc4ccccc4c2)c2ccc4ccccc4c2)cc1C3(C)C. The summed E-state index contributed by atoms with van der Waals surface area (Å²) in [5, 5.41) is 9.89. The van der Waals surface area contributed by atoms with Crippen LogP contribution < -0.4 is 9.80 Å². The van der Waals surface area contributed by atoms with E-state index in [9.17, 15) is 0 Å². The largest absolute Gasteiger partial charge is 0.310 e. The summed E-state index contributed by atoms with van der Waals surface area (Å²) in [7, 11) is 0. The van der Waals surface area contributed by atoms with E-state index in [1.807, 2.05) is 0 Å². The summed E-state index contributed by atoms with van der Waals surface area (Å²) < 4.78 is 0. The lowest BCUT2D eigenvalue weighted by molar-refractivity contribution is 0.652. The Morgan fingerprint density at radius 1 is 0.196 bits per heavy atom. The predicted molar refractivity (Wildman–Crippen MR) is 391 cm³/mol. The first-order chi connectivity index (χ1) is 44.6. The summed E-state index contributed by atoms with van der Waals surface area (Å²) in [6.45, 7) is 19.4. The molecule has 440 valence electrons. The fraction of sp³-hybridized carbons (Fsp3) is 0.133. The lowest BCUT2D eigenvalue weighted by atomic mass is 9.79. The average molecular weight is 1180 g/mol. The van der Waals surface area contributed by atoms with Gasteiger partial charge in [-0.05, 0) is 240 Å². The van der Waals surface area contributed by atoms with Crippen LogP contribution in [0.5, 0.6) is 0 Å². The van der Waals surface area contributed by atoms with E-state index < -0.39 is 0 Å². The smallest absolute Gasteiger partial charge is 0.0468 e. The van der Waals surface area contributed by atoms with Crippen LogP contribution in [0.3, 0.4) is 0 Å². The van der Waals surface area contributed by atoms with Crippen LogP contribution in [0, 0.1) is 0 Å². The highest BCUT2D eigenvalue weighted by atomic mass is 15.1. The first-order valence-corrected chi connectivity index (χ1v) is 32.8. The minimum atomic E-state index is -0.218. The molecule has 4 aliphatic rings. The van der Waals surface area contributed by atoms with Gasteiger partial charge >= 0.3 is 0 Å². The standard InChI is InChI=1S/C90H70N2/c1-87(2)79-43-55(27-39-71(79)75-51-85-77(53-83(75)87)73-41-37-69(49-81(73)89(85,5)6)91(65-33-29-57-17-9-13-21-61(57)45-65)66-34-30-58-18-10-14-22-62(58)46-66)25-26-56-28-40-72-76-52-86-78(54-84(76)88(3,4)80(72)44-56)74-42-38-70(50-82(74)90(86,7)8)92(67-35-31-59-19-11-15-23-63(59)47-67)68-36-32-60-20-12-16-24-64(60)48-68/h9-54H,1-8H3/b26-25+. The summed E-state index contributed by atoms with van der Waals surface area (Å²) in [4.78, 5) is 4.89. The van der Waals surface area contributed by atoms with Gasteiger partial charge in [-0.1, -0.05) is 237 Å². The Kier molecular flexibility index (Phi) is 11.5. The number of benzene rings is 14. The zero-order valence-electron chi connectivity index (χ0n) is 53.5. The molecule has 0 aliphatic heterocycles. The second-order valence-electron chi connectivity index (χ2n) is 28.6. The zero-order chi connectivity index (χ0) is 62.2. The van der Waals surface area contributed by atoms with Crippen LogP contribution in [-0.2, 0) is 21.7 Å². The van der Waals surface area contributed by atoms with Crippen molar-refractivity contribution >= 4 is 89.4 Å². The fourth-order valence-corrected chi connectivity index (χ4v) is 16.8. The van der Waals surface area contributed by atoms with Crippen molar-refractivity contribution in [1.82, 2.24) is 0 Å². The quantitative estimate of drug-likeness (QED) is 0.140. The molecule has 14 aromatic rings. The molecule has 0 atom stereocenters. The molecule has 0 amide bonds. The molecule has 0 bridgehead atoms. The molecule has 92 heavy (non-hydrogen) atoms. The Bertz CT molecular complexity index is 5050. The van der Waals surface area contributed by atoms with Crippen LogP contribution in [0.15, 0.2) is 267 Å². The Hall–Kier alpha value is -10.5. The van der Waals surface area contributed by atoms with Crippen LogP contribution in [0.4, 0.5) is 34.1 Å². The molecular formula is C90H70N2. The topological polar surface area (TPSA) is 6.48 Å². The molecule has 0 unspecified atom stereocenters. The van der Waals surface area contributed by atoms with E-state index in [4.69, 9.17) is 0 Å². The Labute approximate surface area is 540 Å². The first-order valence-electron chi connectivity index (χ1n) is 32.8. The van der Waals surface area contributed by atoms with Crippen LogP contribution in [0.2, 0.25) is 0 Å². The number of rotatable bonds is 8. The zero-order valence-corrected chi connectivity index (χ0v) is 53.5. The van der Waals surface area contributed by atoms with E-state index in [1.165, 1.54) is 143 Å². The highest BCUT2D eigenvalue weighted by Crippen LogP contribution is 2.60. The third-order valence-electron chi connectivity index (χ3n) is 21.9. The van der Waals surface area contributed by atoms with Crippen LogP contribution in [-0.4, -0.2) is 0 Å². The summed E-state index contributed by atoms with van der Waals surface area (Å²) in [6, 6.07) is 101. The second-order valence-corrected chi connectivity index (χ2v) is 28.6. The maximum absolute atomic E-state index is 2.54. The molecule has 0 N–H and O–H groups in total. The highest BCUT2D eigenvalue weighted by Gasteiger charge is 2.44. The van der Waals surface area contributed by atoms with Gasteiger partial charge < -0.3 is 9.80 Å². The Morgan fingerprint density at radius 2 is 0.413 bits per heavy atom. The third-order valence-corrected chi connectivity index (χ3v) is 21.9. The molecular weight excluding hydrogens is 1110 g/mol. The van der Waals surface area contributed by atoms with Gasteiger partial charge in [0.15, 0.2) is 0 Å². The molecule has 0 saturated carbocycles. The van der Waals surface area contributed by atoms with E-state index in [0.29, 0.717) is 0 Å². The van der Waals surface area contributed by atoms with Crippen molar-refractivity contribution in [2.24, 2.45) is 0 Å². The molecule has 0 fully saturated rings. The van der Waals surface area contributed by atoms with E-state index in [1.54, 1.807) is 0 Å². The van der Waals surface area contributed by atoms with E-state index in [2.05, 4.69) is 344 Å². The number of fused-ring (bicyclic) bond motifs is 16. The summed E-state index contributed by atoms with van der Waals surface area (Å²) >= 11 is 0. The van der Waals surface area contributed by atoms with Gasteiger partial charge in [-0.2, -0.15) is 0 Å². The Morgan fingerprint density at radius 3 is 0.696 bits per heavy atom.